The Balaban J connectivity index is 1.70. The molecule has 1 amide bonds. The van der Waals surface area contributed by atoms with Crippen molar-refractivity contribution in [2.45, 2.75) is 20.8 Å². The molecule has 30 heavy (non-hydrogen) atoms. The Morgan fingerprint density at radius 2 is 1.80 bits per heavy atom. The molecule has 0 saturated carbocycles. The van der Waals surface area contributed by atoms with Gasteiger partial charge in [0.15, 0.2) is 16.6 Å². The number of carbonyl (C=O) groups is 1. The summed E-state index contributed by atoms with van der Waals surface area (Å²) in [6.07, 6.45) is 3.21. The van der Waals surface area contributed by atoms with Gasteiger partial charge in [0.05, 0.1) is 18.9 Å². The molecule has 1 heterocycles. The van der Waals surface area contributed by atoms with Crippen LogP contribution in [0.3, 0.4) is 0 Å². The largest absolute Gasteiger partial charge is 0.490 e. The summed E-state index contributed by atoms with van der Waals surface area (Å²) in [6.45, 7) is 6.91. The number of rotatable bonds is 8. The average molecular weight is 443 g/mol. The van der Waals surface area contributed by atoms with Gasteiger partial charge in [-0.1, -0.05) is 29.8 Å². The second-order valence-corrected chi connectivity index (χ2v) is 7.97. The lowest BCUT2D eigenvalue weighted by molar-refractivity contribution is -0.111. The van der Waals surface area contributed by atoms with Gasteiger partial charge in [-0.25, -0.2) is 4.98 Å². The number of amides is 1. The molecule has 0 atom stereocenters. The van der Waals surface area contributed by atoms with Gasteiger partial charge >= 0.3 is 0 Å². The fraction of sp³-hybridized carbons (Fsp3) is 0.217. The second-order valence-electron chi connectivity index (χ2n) is 6.33. The van der Waals surface area contributed by atoms with Crippen LogP contribution in [0.15, 0.2) is 48.5 Å². The molecular formula is C23H23ClN2O3S. The lowest BCUT2D eigenvalue weighted by Crippen LogP contribution is -2.07. The van der Waals surface area contributed by atoms with E-state index >= 15 is 0 Å². The summed E-state index contributed by atoms with van der Waals surface area (Å²) in [5.74, 6) is 1.09. The maximum Gasteiger partial charge on any atom is 0.250 e. The fourth-order valence-corrected chi connectivity index (χ4v) is 3.78. The van der Waals surface area contributed by atoms with Crippen molar-refractivity contribution in [3.8, 4) is 22.8 Å². The second kappa shape index (κ2) is 10.3. The minimum absolute atomic E-state index is 0.252. The highest BCUT2D eigenvalue weighted by Gasteiger charge is 2.11. The summed E-state index contributed by atoms with van der Waals surface area (Å²) < 4.78 is 11.2. The number of nitrogens with one attached hydrogen (secondary N) is 1. The van der Waals surface area contributed by atoms with E-state index in [0.29, 0.717) is 34.9 Å². The first kappa shape index (κ1) is 21.9. The van der Waals surface area contributed by atoms with Crippen LogP contribution in [0.4, 0.5) is 5.13 Å². The highest BCUT2D eigenvalue weighted by molar-refractivity contribution is 7.16. The summed E-state index contributed by atoms with van der Waals surface area (Å²) in [5, 5.41) is 4.05. The molecule has 0 bridgehead atoms. The molecule has 1 N–H and O–H groups in total. The zero-order chi connectivity index (χ0) is 21.5. The molecule has 3 rings (SSSR count). The lowest BCUT2D eigenvalue weighted by atomic mass is 10.1. The van der Waals surface area contributed by atoms with Crippen LogP contribution in [0.5, 0.6) is 11.5 Å². The number of benzene rings is 2. The predicted octanol–water partition coefficient (Wildman–Crippen LogP) is 6.22. The normalized spacial score (nSPS) is 10.9. The maximum atomic E-state index is 12.4. The van der Waals surface area contributed by atoms with Crippen LogP contribution in [0.25, 0.3) is 17.3 Å². The topological polar surface area (TPSA) is 60.5 Å². The molecule has 0 radical (unpaired) electrons. The lowest BCUT2D eigenvalue weighted by Gasteiger charge is -2.11. The summed E-state index contributed by atoms with van der Waals surface area (Å²) in [6, 6.07) is 13.0. The summed E-state index contributed by atoms with van der Waals surface area (Å²) >= 11 is 7.39. The van der Waals surface area contributed by atoms with Gasteiger partial charge in [0.2, 0.25) is 5.91 Å². The molecule has 2 aromatic carbocycles. The zero-order valence-corrected chi connectivity index (χ0v) is 18.6. The van der Waals surface area contributed by atoms with Crippen molar-refractivity contribution in [2.24, 2.45) is 0 Å². The molecule has 0 aliphatic rings. The Kier molecular flexibility index (Phi) is 7.49. The summed E-state index contributed by atoms with van der Waals surface area (Å²) in [7, 11) is 0. The number of carbonyl (C=O) groups excluding carboxylic acids is 1. The number of anilines is 1. The van der Waals surface area contributed by atoms with Gasteiger partial charge in [-0.3, -0.25) is 10.1 Å². The Morgan fingerprint density at radius 1 is 1.10 bits per heavy atom. The van der Waals surface area contributed by atoms with Crippen molar-refractivity contribution in [1.82, 2.24) is 4.98 Å². The molecule has 0 saturated heterocycles. The van der Waals surface area contributed by atoms with Gasteiger partial charge in [0.1, 0.15) is 0 Å². The Hall–Kier alpha value is -2.83. The average Bonchev–Trinajstić information content (AvgIpc) is 3.09. The van der Waals surface area contributed by atoms with Crippen LogP contribution in [0.1, 0.15) is 24.3 Å². The molecule has 7 heteroatoms. The third-order valence-electron chi connectivity index (χ3n) is 4.14. The molecule has 156 valence electrons. The van der Waals surface area contributed by atoms with Crippen LogP contribution in [0.2, 0.25) is 5.02 Å². The van der Waals surface area contributed by atoms with E-state index in [1.54, 1.807) is 6.08 Å². The van der Waals surface area contributed by atoms with E-state index in [0.717, 1.165) is 21.7 Å². The Bertz CT molecular complexity index is 1050. The maximum absolute atomic E-state index is 12.4. The molecule has 0 unspecified atom stereocenters. The number of halogens is 1. The molecular weight excluding hydrogens is 420 g/mol. The number of thiazole rings is 1. The SMILES string of the molecule is CCOc1ccc(C=CC(=O)Nc2nc(-c3ccc(Cl)cc3)c(C)s2)cc1OCC. The van der Waals surface area contributed by atoms with Gasteiger partial charge in [-0.05, 0) is 56.7 Å². The van der Waals surface area contributed by atoms with Crippen LogP contribution < -0.4 is 14.8 Å². The number of nitrogens with zero attached hydrogens (tertiary/aromatic N) is 1. The van der Waals surface area contributed by atoms with Crippen molar-refractivity contribution >= 4 is 40.1 Å². The van der Waals surface area contributed by atoms with E-state index in [-0.39, 0.29) is 5.91 Å². The monoisotopic (exact) mass is 442 g/mol. The number of aromatic nitrogens is 1. The zero-order valence-electron chi connectivity index (χ0n) is 17.1. The van der Waals surface area contributed by atoms with E-state index in [1.165, 1.54) is 17.4 Å². The number of hydrogen-bond acceptors (Lipinski definition) is 5. The first-order valence-electron chi connectivity index (χ1n) is 9.62. The fourth-order valence-electron chi connectivity index (χ4n) is 2.82. The molecule has 0 aliphatic carbocycles. The number of aryl methyl sites for hydroxylation is 1. The van der Waals surface area contributed by atoms with Crippen LogP contribution in [0, 0.1) is 6.92 Å². The van der Waals surface area contributed by atoms with Crippen molar-refractivity contribution < 1.29 is 14.3 Å². The van der Waals surface area contributed by atoms with Crippen molar-refractivity contribution in [1.29, 1.82) is 0 Å². The molecule has 3 aromatic rings. The molecule has 5 nitrogen and oxygen atoms in total. The smallest absolute Gasteiger partial charge is 0.250 e. The summed E-state index contributed by atoms with van der Waals surface area (Å²) in [5.41, 5.74) is 2.64. The minimum atomic E-state index is -0.252. The van der Waals surface area contributed by atoms with Crippen molar-refractivity contribution in [3.63, 3.8) is 0 Å². The highest BCUT2D eigenvalue weighted by Crippen LogP contribution is 2.31. The summed E-state index contributed by atoms with van der Waals surface area (Å²) in [4.78, 5) is 17.9. The quantitative estimate of drug-likeness (QED) is 0.420. The van der Waals surface area contributed by atoms with Crippen LogP contribution in [-0.4, -0.2) is 24.1 Å². The third-order valence-corrected chi connectivity index (χ3v) is 5.28. The minimum Gasteiger partial charge on any atom is -0.490 e. The van der Waals surface area contributed by atoms with Crippen LogP contribution in [-0.2, 0) is 4.79 Å². The first-order chi connectivity index (χ1) is 14.5. The van der Waals surface area contributed by atoms with Crippen molar-refractivity contribution in [2.75, 3.05) is 18.5 Å². The molecule has 1 aromatic heterocycles. The van der Waals surface area contributed by atoms with Gasteiger partial charge < -0.3 is 9.47 Å². The Labute approximate surface area is 185 Å². The molecule has 0 fully saturated rings. The van der Waals surface area contributed by atoms with Gasteiger partial charge in [-0.2, -0.15) is 0 Å². The van der Waals surface area contributed by atoms with E-state index in [4.69, 9.17) is 21.1 Å². The standard InChI is InChI=1S/C23H23ClN2O3S/c1-4-28-19-12-6-16(14-20(19)29-5-2)7-13-21(27)25-23-26-22(15(3)30-23)17-8-10-18(24)11-9-17/h6-14H,4-5H2,1-3H3,(H,25,26,27). The first-order valence-corrected chi connectivity index (χ1v) is 10.8. The predicted molar refractivity (Wildman–Crippen MR) is 124 cm³/mol. The van der Waals surface area contributed by atoms with Crippen molar-refractivity contribution in [3.05, 3.63) is 64.0 Å². The molecule has 0 aliphatic heterocycles. The van der Waals surface area contributed by atoms with Gasteiger partial charge in [-0.15, -0.1) is 11.3 Å². The van der Waals surface area contributed by atoms with Crippen LogP contribution >= 0.6 is 22.9 Å². The van der Waals surface area contributed by atoms with Gasteiger partial charge in [0, 0.05) is 21.5 Å². The highest BCUT2D eigenvalue weighted by atomic mass is 35.5. The van der Waals surface area contributed by atoms with E-state index in [1.807, 2.05) is 63.2 Å². The number of hydrogen-bond donors (Lipinski definition) is 1. The molecule has 0 spiro atoms. The third kappa shape index (κ3) is 5.62. The van der Waals surface area contributed by atoms with Gasteiger partial charge in [0.25, 0.3) is 0 Å². The van der Waals surface area contributed by atoms with E-state index < -0.39 is 0 Å². The Morgan fingerprint density at radius 3 is 2.50 bits per heavy atom. The van der Waals surface area contributed by atoms with E-state index in [9.17, 15) is 4.79 Å². The van der Waals surface area contributed by atoms with E-state index in [2.05, 4.69) is 10.3 Å². The number of ether oxygens (including phenoxy) is 2.